The summed E-state index contributed by atoms with van der Waals surface area (Å²) in [4.78, 5) is 25.2. The van der Waals surface area contributed by atoms with E-state index in [0.717, 1.165) is 0 Å². The molecule has 1 fully saturated rings. The van der Waals surface area contributed by atoms with Crippen molar-refractivity contribution in [3.8, 4) is 17.2 Å². The van der Waals surface area contributed by atoms with Crippen LogP contribution in [-0.2, 0) is 4.79 Å². The summed E-state index contributed by atoms with van der Waals surface area (Å²) in [6, 6.07) is 3.26. The van der Waals surface area contributed by atoms with Crippen LogP contribution in [0.2, 0.25) is 0 Å². The molecule has 0 spiro atoms. The van der Waals surface area contributed by atoms with Gasteiger partial charge in [-0.1, -0.05) is 0 Å². The molecule has 7 nitrogen and oxygen atoms in total. The highest BCUT2D eigenvalue weighted by atomic mass is 16.5. The van der Waals surface area contributed by atoms with Crippen molar-refractivity contribution < 1.29 is 28.9 Å². The van der Waals surface area contributed by atoms with E-state index in [9.17, 15) is 9.59 Å². The number of benzene rings is 1. The minimum absolute atomic E-state index is 0.122. The number of piperidine rings is 1. The van der Waals surface area contributed by atoms with E-state index >= 15 is 0 Å². The summed E-state index contributed by atoms with van der Waals surface area (Å²) in [5.74, 6) is 0.526. The van der Waals surface area contributed by atoms with Crippen molar-refractivity contribution in [2.24, 2.45) is 5.92 Å². The van der Waals surface area contributed by atoms with Crippen molar-refractivity contribution in [2.75, 3.05) is 34.4 Å². The predicted molar refractivity (Wildman–Crippen MR) is 87.0 cm³/mol. The van der Waals surface area contributed by atoms with Gasteiger partial charge in [0.2, 0.25) is 5.75 Å². The number of carboxylic acids is 1. The SMILES string of the molecule is COc1cc(C(=O)N2CCC(CC(=O)O)CC2)cc(OC)c1OC. The summed E-state index contributed by atoms with van der Waals surface area (Å²) < 4.78 is 15.8. The van der Waals surface area contributed by atoms with Crippen LogP contribution in [0.4, 0.5) is 0 Å². The van der Waals surface area contributed by atoms with E-state index in [1.165, 1.54) is 21.3 Å². The highest BCUT2D eigenvalue weighted by molar-refractivity contribution is 5.95. The molecular formula is C17H23NO6. The van der Waals surface area contributed by atoms with Gasteiger partial charge in [0.25, 0.3) is 5.91 Å². The molecule has 1 saturated heterocycles. The van der Waals surface area contributed by atoms with Crippen LogP contribution in [-0.4, -0.2) is 56.3 Å². The van der Waals surface area contributed by atoms with Gasteiger partial charge in [0.05, 0.1) is 21.3 Å². The topological polar surface area (TPSA) is 85.3 Å². The monoisotopic (exact) mass is 337 g/mol. The number of rotatable bonds is 6. The van der Waals surface area contributed by atoms with Crippen molar-refractivity contribution in [2.45, 2.75) is 19.3 Å². The Balaban J connectivity index is 2.14. The third-order valence-corrected chi connectivity index (χ3v) is 4.28. The lowest BCUT2D eigenvalue weighted by molar-refractivity contribution is -0.138. The van der Waals surface area contributed by atoms with E-state index in [1.54, 1.807) is 17.0 Å². The van der Waals surface area contributed by atoms with Gasteiger partial charge in [0.15, 0.2) is 11.5 Å². The van der Waals surface area contributed by atoms with E-state index < -0.39 is 5.97 Å². The van der Waals surface area contributed by atoms with E-state index in [-0.39, 0.29) is 18.2 Å². The summed E-state index contributed by atoms with van der Waals surface area (Å²) >= 11 is 0. The number of nitrogens with zero attached hydrogens (tertiary/aromatic N) is 1. The second kappa shape index (κ2) is 7.90. The van der Waals surface area contributed by atoms with Crippen molar-refractivity contribution in [3.05, 3.63) is 17.7 Å². The third kappa shape index (κ3) is 3.90. The first kappa shape index (κ1) is 17.9. The summed E-state index contributed by atoms with van der Waals surface area (Å²) in [7, 11) is 4.51. The molecule has 1 aromatic carbocycles. The molecule has 7 heteroatoms. The summed E-state index contributed by atoms with van der Waals surface area (Å²) in [5, 5.41) is 8.86. The summed E-state index contributed by atoms with van der Waals surface area (Å²) in [6.45, 7) is 1.10. The van der Waals surface area contributed by atoms with Crippen LogP contribution in [0.25, 0.3) is 0 Å². The van der Waals surface area contributed by atoms with E-state index in [0.29, 0.717) is 48.7 Å². The Morgan fingerprint density at radius 2 is 1.62 bits per heavy atom. The molecule has 1 N–H and O–H groups in total. The molecule has 1 heterocycles. The molecule has 1 aromatic rings. The summed E-state index contributed by atoms with van der Waals surface area (Å²) in [5.41, 5.74) is 0.459. The van der Waals surface area contributed by atoms with Crippen LogP contribution < -0.4 is 14.2 Å². The van der Waals surface area contributed by atoms with E-state index in [1.807, 2.05) is 0 Å². The zero-order valence-electron chi connectivity index (χ0n) is 14.2. The van der Waals surface area contributed by atoms with Gasteiger partial charge in [0, 0.05) is 25.1 Å². The van der Waals surface area contributed by atoms with Gasteiger partial charge in [-0.2, -0.15) is 0 Å². The molecule has 24 heavy (non-hydrogen) atoms. The number of carbonyl (C=O) groups excluding carboxylic acids is 1. The lowest BCUT2D eigenvalue weighted by Crippen LogP contribution is -2.38. The first-order chi connectivity index (χ1) is 11.5. The second-order valence-corrected chi connectivity index (χ2v) is 5.75. The molecular weight excluding hydrogens is 314 g/mol. The first-order valence-electron chi connectivity index (χ1n) is 7.81. The lowest BCUT2D eigenvalue weighted by Gasteiger charge is -2.31. The van der Waals surface area contributed by atoms with Crippen LogP contribution in [0.1, 0.15) is 29.6 Å². The molecule has 2 rings (SSSR count). The van der Waals surface area contributed by atoms with Crippen LogP contribution in [0.3, 0.4) is 0 Å². The Hall–Kier alpha value is -2.44. The average molecular weight is 337 g/mol. The predicted octanol–water partition coefficient (Wildman–Crippen LogP) is 2.04. The highest BCUT2D eigenvalue weighted by Gasteiger charge is 2.26. The fraction of sp³-hybridized carbons (Fsp3) is 0.529. The third-order valence-electron chi connectivity index (χ3n) is 4.28. The standard InChI is InChI=1S/C17H23NO6/c1-22-13-9-12(10-14(23-2)16(13)24-3)17(21)18-6-4-11(5-7-18)8-15(19)20/h9-11H,4-8H2,1-3H3,(H,19,20). The molecule has 0 radical (unpaired) electrons. The van der Waals surface area contributed by atoms with Gasteiger partial charge in [-0.25, -0.2) is 0 Å². The zero-order chi connectivity index (χ0) is 17.7. The van der Waals surface area contributed by atoms with Crippen molar-refractivity contribution in [1.29, 1.82) is 0 Å². The fourth-order valence-corrected chi connectivity index (χ4v) is 2.97. The fourth-order valence-electron chi connectivity index (χ4n) is 2.97. The number of hydrogen-bond donors (Lipinski definition) is 1. The Labute approximate surface area is 141 Å². The van der Waals surface area contributed by atoms with Gasteiger partial charge in [-0.05, 0) is 30.9 Å². The normalized spacial score (nSPS) is 15.0. The van der Waals surface area contributed by atoms with Gasteiger partial charge in [-0.15, -0.1) is 0 Å². The Morgan fingerprint density at radius 1 is 1.08 bits per heavy atom. The molecule has 132 valence electrons. The minimum Gasteiger partial charge on any atom is -0.493 e. The maximum atomic E-state index is 12.7. The molecule has 0 aliphatic carbocycles. The Kier molecular flexibility index (Phi) is 5.89. The molecule has 0 atom stereocenters. The Morgan fingerprint density at radius 3 is 2.04 bits per heavy atom. The number of methoxy groups -OCH3 is 3. The quantitative estimate of drug-likeness (QED) is 0.855. The first-order valence-corrected chi connectivity index (χ1v) is 7.81. The van der Waals surface area contributed by atoms with Gasteiger partial charge in [-0.3, -0.25) is 9.59 Å². The van der Waals surface area contributed by atoms with Gasteiger partial charge < -0.3 is 24.2 Å². The summed E-state index contributed by atoms with van der Waals surface area (Å²) in [6.07, 6.45) is 1.55. The molecule has 1 aliphatic rings. The number of carboxylic acid groups (broad SMARTS) is 1. The zero-order valence-corrected chi connectivity index (χ0v) is 14.2. The maximum absolute atomic E-state index is 12.7. The molecule has 1 amide bonds. The number of ether oxygens (including phenoxy) is 3. The molecule has 0 bridgehead atoms. The van der Waals surface area contributed by atoms with Crippen molar-refractivity contribution in [1.82, 2.24) is 4.90 Å². The number of carbonyl (C=O) groups is 2. The molecule has 0 saturated carbocycles. The highest BCUT2D eigenvalue weighted by Crippen LogP contribution is 2.38. The van der Waals surface area contributed by atoms with E-state index in [4.69, 9.17) is 19.3 Å². The number of aliphatic carboxylic acids is 1. The lowest BCUT2D eigenvalue weighted by atomic mass is 9.93. The smallest absolute Gasteiger partial charge is 0.303 e. The van der Waals surface area contributed by atoms with Gasteiger partial charge >= 0.3 is 5.97 Å². The Bertz CT molecular complexity index is 582. The number of hydrogen-bond acceptors (Lipinski definition) is 5. The minimum atomic E-state index is -0.788. The second-order valence-electron chi connectivity index (χ2n) is 5.75. The molecule has 0 aromatic heterocycles. The largest absolute Gasteiger partial charge is 0.493 e. The van der Waals surface area contributed by atoms with Crippen molar-refractivity contribution >= 4 is 11.9 Å². The number of likely N-dealkylation sites (tertiary alicyclic amines) is 1. The maximum Gasteiger partial charge on any atom is 0.303 e. The molecule has 0 unspecified atom stereocenters. The van der Waals surface area contributed by atoms with Gasteiger partial charge in [0.1, 0.15) is 0 Å². The average Bonchev–Trinajstić information content (AvgIpc) is 2.59. The van der Waals surface area contributed by atoms with Crippen LogP contribution in [0, 0.1) is 5.92 Å². The van der Waals surface area contributed by atoms with E-state index in [2.05, 4.69) is 0 Å². The molecule has 1 aliphatic heterocycles. The number of amides is 1. The van der Waals surface area contributed by atoms with Crippen LogP contribution in [0.15, 0.2) is 12.1 Å². The van der Waals surface area contributed by atoms with Crippen LogP contribution >= 0.6 is 0 Å². The van der Waals surface area contributed by atoms with Crippen molar-refractivity contribution in [3.63, 3.8) is 0 Å². The van der Waals surface area contributed by atoms with Crippen LogP contribution in [0.5, 0.6) is 17.2 Å².